The van der Waals surface area contributed by atoms with Crippen molar-refractivity contribution in [1.29, 1.82) is 0 Å². The fraction of sp³-hybridized carbons (Fsp3) is 0.130. The highest BCUT2D eigenvalue weighted by Crippen LogP contribution is 2.21. The van der Waals surface area contributed by atoms with E-state index in [1.165, 1.54) is 24.4 Å². The van der Waals surface area contributed by atoms with Crippen LogP contribution in [0, 0.1) is 0 Å². The zero-order valence-corrected chi connectivity index (χ0v) is 16.4. The number of amides is 1. The molecule has 1 amide bonds. The second-order valence-electron chi connectivity index (χ2n) is 6.48. The number of nitrogens with one attached hydrogen (secondary N) is 1. The Hall–Kier alpha value is -4.00. The van der Waals surface area contributed by atoms with Gasteiger partial charge in [0.25, 0.3) is 5.91 Å². The van der Waals surface area contributed by atoms with E-state index in [0.717, 1.165) is 5.56 Å². The molecule has 0 radical (unpaired) electrons. The van der Waals surface area contributed by atoms with Crippen LogP contribution in [0.2, 0.25) is 0 Å². The van der Waals surface area contributed by atoms with E-state index in [0.29, 0.717) is 23.7 Å². The van der Waals surface area contributed by atoms with E-state index >= 15 is 0 Å². The Morgan fingerprint density at radius 2 is 1.73 bits per heavy atom. The summed E-state index contributed by atoms with van der Waals surface area (Å²) in [5.74, 6) is 0.555. The lowest BCUT2D eigenvalue weighted by Gasteiger charge is -2.13. The summed E-state index contributed by atoms with van der Waals surface area (Å²) in [6.07, 6.45) is 0.491. The van der Waals surface area contributed by atoms with Gasteiger partial charge < -0.3 is 19.7 Å². The lowest BCUT2D eigenvalue weighted by molar-refractivity contribution is -0.127. The monoisotopic (exact) mass is 406 g/mol. The minimum Gasteiger partial charge on any atom is -0.508 e. The zero-order chi connectivity index (χ0) is 21.3. The van der Waals surface area contributed by atoms with Crippen LogP contribution in [0.15, 0.2) is 77.9 Å². The van der Waals surface area contributed by atoms with Gasteiger partial charge in [0.15, 0.2) is 6.10 Å². The first kappa shape index (κ1) is 20.7. The zero-order valence-electron chi connectivity index (χ0n) is 16.4. The Morgan fingerprint density at radius 3 is 2.43 bits per heavy atom. The van der Waals surface area contributed by atoms with Gasteiger partial charge >= 0.3 is 0 Å². The van der Waals surface area contributed by atoms with Crippen LogP contribution in [-0.2, 0) is 11.4 Å². The maximum atomic E-state index is 12.1. The van der Waals surface area contributed by atoms with Gasteiger partial charge in [0.2, 0.25) is 0 Å². The molecule has 0 heterocycles. The molecule has 1 unspecified atom stereocenters. The molecule has 0 bridgehead atoms. The van der Waals surface area contributed by atoms with Crippen LogP contribution in [-0.4, -0.2) is 28.4 Å². The largest absolute Gasteiger partial charge is 0.508 e. The van der Waals surface area contributed by atoms with Crippen LogP contribution in [0.1, 0.15) is 18.1 Å². The highest BCUT2D eigenvalue weighted by Gasteiger charge is 2.14. The van der Waals surface area contributed by atoms with Crippen LogP contribution in [0.5, 0.6) is 23.0 Å². The van der Waals surface area contributed by atoms with E-state index in [9.17, 15) is 15.0 Å². The lowest BCUT2D eigenvalue weighted by atomic mass is 10.2. The third kappa shape index (κ3) is 6.00. The van der Waals surface area contributed by atoms with Crippen LogP contribution in [0.3, 0.4) is 0 Å². The molecule has 154 valence electrons. The van der Waals surface area contributed by atoms with Gasteiger partial charge in [-0.2, -0.15) is 5.10 Å². The number of benzene rings is 3. The second-order valence-corrected chi connectivity index (χ2v) is 6.48. The van der Waals surface area contributed by atoms with Crippen molar-refractivity contribution in [3.8, 4) is 23.0 Å². The number of hydrogen-bond acceptors (Lipinski definition) is 6. The first-order valence-corrected chi connectivity index (χ1v) is 9.29. The van der Waals surface area contributed by atoms with Gasteiger partial charge in [0.05, 0.1) is 6.21 Å². The van der Waals surface area contributed by atoms with E-state index in [2.05, 4.69) is 10.5 Å². The topological polar surface area (TPSA) is 100 Å². The molecule has 7 heteroatoms. The van der Waals surface area contributed by atoms with Crippen molar-refractivity contribution in [2.45, 2.75) is 19.6 Å². The number of rotatable bonds is 8. The van der Waals surface area contributed by atoms with E-state index in [1.54, 1.807) is 31.2 Å². The minimum absolute atomic E-state index is 0.0628. The van der Waals surface area contributed by atoms with E-state index in [1.807, 2.05) is 30.3 Å². The number of hydrazone groups is 1. The number of phenols is 2. The van der Waals surface area contributed by atoms with Crippen LogP contribution in [0.4, 0.5) is 0 Å². The Morgan fingerprint density at radius 1 is 1.03 bits per heavy atom. The standard InChI is InChI=1S/C23H22N2O5/c1-16(23(28)25-24-14-18-7-8-19(26)13-22(18)27)30-21-11-9-20(10-12-21)29-15-17-5-3-2-4-6-17/h2-14,16,26-27H,15H2,1H3,(H,25,28). The maximum absolute atomic E-state index is 12.1. The molecule has 7 nitrogen and oxygen atoms in total. The molecule has 3 aromatic carbocycles. The number of hydrogen-bond donors (Lipinski definition) is 3. The summed E-state index contributed by atoms with van der Waals surface area (Å²) in [5, 5.41) is 22.7. The summed E-state index contributed by atoms with van der Waals surface area (Å²) in [6.45, 7) is 2.07. The summed E-state index contributed by atoms with van der Waals surface area (Å²) < 4.78 is 11.3. The summed E-state index contributed by atoms with van der Waals surface area (Å²) in [4.78, 5) is 12.1. The molecule has 3 aromatic rings. The summed E-state index contributed by atoms with van der Waals surface area (Å²) in [5.41, 5.74) is 3.78. The molecule has 0 saturated carbocycles. The van der Waals surface area contributed by atoms with Crippen molar-refractivity contribution < 1.29 is 24.5 Å². The molecule has 30 heavy (non-hydrogen) atoms. The minimum atomic E-state index is -0.786. The second kappa shape index (κ2) is 9.97. The molecule has 0 aliphatic rings. The first-order chi connectivity index (χ1) is 14.5. The molecule has 3 rings (SSSR count). The van der Waals surface area contributed by atoms with Gasteiger partial charge in [-0.05, 0) is 48.9 Å². The molecular weight excluding hydrogens is 384 g/mol. The SMILES string of the molecule is CC(Oc1ccc(OCc2ccccc2)cc1)C(=O)NN=Cc1ccc(O)cc1O. The van der Waals surface area contributed by atoms with E-state index in [4.69, 9.17) is 9.47 Å². The molecule has 0 aliphatic carbocycles. The average Bonchev–Trinajstić information content (AvgIpc) is 2.75. The van der Waals surface area contributed by atoms with Gasteiger partial charge in [0, 0.05) is 11.6 Å². The normalized spacial score (nSPS) is 11.8. The molecular formula is C23H22N2O5. The van der Waals surface area contributed by atoms with Crippen LogP contribution < -0.4 is 14.9 Å². The molecule has 0 fully saturated rings. The number of carbonyl (C=O) groups is 1. The Bertz CT molecular complexity index is 1000. The molecule has 0 spiro atoms. The summed E-state index contributed by atoms with van der Waals surface area (Å²) in [6, 6.07) is 20.9. The van der Waals surface area contributed by atoms with E-state index < -0.39 is 12.0 Å². The van der Waals surface area contributed by atoms with Crippen molar-refractivity contribution in [3.05, 3.63) is 83.9 Å². The van der Waals surface area contributed by atoms with Crippen LogP contribution in [0.25, 0.3) is 0 Å². The smallest absolute Gasteiger partial charge is 0.280 e. The number of ether oxygens (including phenoxy) is 2. The fourth-order valence-corrected chi connectivity index (χ4v) is 2.51. The average molecular weight is 406 g/mol. The predicted molar refractivity (Wildman–Crippen MR) is 113 cm³/mol. The Kier molecular flexibility index (Phi) is 6.89. The quantitative estimate of drug-likeness (QED) is 0.392. The van der Waals surface area contributed by atoms with Gasteiger partial charge in [-0.3, -0.25) is 4.79 Å². The Balaban J connectivity index is 1.48. The van der Waals surface area contributed by atoms with Gasteiger partial charge in [-0.25, -0.2) is 5.43 Å². The Labute approximate surface area is 174 Å². The van der Waals surface area contributed by atoms with Crippen molar-refractivity contribution in [2.24, 2.45) is 5.10 Å². The van der Waals surface area contributed by atoms with Gasteiger partial charge in [-0.1, -0.05) is 30.3 Å². The molecule has 0 saturated heterocycles. The predicted octanol–water partition coefficient (Wildman–Crippen LogP) is 3.59. The molecule has 0 aromatic heterocycles. The first-order valence-electron chi connectivity index (χ1n) is 9.29. The van der Waals surface area contributed by atoms with E-state index in [-0.39, 0.29) is 11.5 Å². The van der Waals surface area contributed by atoms with Crippen molar-refractivity contribution in [3.63, 3.8) is 0 Å². The van der Waals surface area contributed by atoms with Crippen LogP contribution >= 0.6 is 0 Å². The maximum Gasteiger partial charge on any atom is 0.280 e. The highest BCUT2D eigenvalue weighted by atomic mass is 16.5. The number of aromatic hydroxyl groups is 2. The van der Waals surface area contributed by atoms with Gasteiger partial charge in [0.1, 0.15) is 29.6 Å². The highest BCUT2D eigenvalue weighted by molar-refractivity contribution is 5.86. The van der Waals surface area contributed by atoms with Crippen molar-refractivity contribution in [2.75, 3.05) is 0 Å². The third-order valence-electron chi connectivity index (χ3n) is 4.15. The summed E-state index contributed by atoms with van der Waals surface area (Å²) in [7, 11) is 0. The van der Waals surface area contributed by atoms with Crippen molar-refractivity contribution in [1.82, 2.24) is 5.43 Å². The lowest BCUT2D eigenvalue weighted by Crippen LogP contribution is -2.33. The van der Waals surface area contributed by atoms with Gasteiger partial charge in [-0.15, -0.1) is 0 Å². The fourth-order valence-electron chi connectivity index (χ4n) is 2.51. The number of nitrogens with zero attached hydrogens (tertiary/aromatic N) is 1. The number of phenolic OH excluding ortho intramolecular Hbond substituents is 2. The third-order valence-corrected chi connectivity index (χ3v) is 4.15. The van der Waals surface area contributed by atoms with Crippen molar-refractivity contribution >= 4 is 12.1 Å². The molecule has 3 N–H and O–H groups in total. The number of carbonyl (C=O) groups excluding carboxylic acids is 1. The molecule has 0 aliphatic heterocycles. The summed E-state index contributed by atoms with van der Waals surface area (Å²) >= 11 is 0. The molecule has 1 atom stereocenters.